The van der Waals surface area contributed by atoms with E-state index in [4.69, 9.17) is 23.2 Å². The summed E-state index contributed by atoms with van der Waals surface area (Å²) in [4.78, 5) is 14.1. The summed E-state index contributed by atoms with van der Waals surface area (Å²) in [6, 6.07) is 5.62. The highest BCUT2D eigenvalue weighted by Crippen LogP contribution is 2.35. The Bertz CT molecular complexity index is 491. The number of hydrogen-bond donors (Lipinski definition) is 1. The van der Waals surface area contributed by atoms with Crippen molar-refractivity contribution in [1.29, 1.82) is 0 Å². The molecule has 0 aliphatic carbocycles. The van der Waals surface area contributed by atoms with E-state index in [1.165, 1.54) is 0 Å². The van der Waals surface area contributed by atoms with Gasteiger partial charge in [0, 0.05) is 13.0 Å². The minimum absolute atomic E-state index is 0.0752. The molecule has 1 N–H and O–H groups in total. The van der Waals surface area contributed by atoms with Crippen molar-refractivity contribution in [2.24, 2.45) is 0 Å². The maximum absolute atomic E-state index is 12.2. The SMILES string of the molecule is CC(O)CCC(=O)N1CCCC1c1ccc(Cl)c(Cl)c1. The maximum Gasteiger partial charge on any atom is 0.223 e. The van der Waals surface area contributed by atoms with Crippen LogP contribution in [0.2, 0.25) is 10.0 Å². The number of carbonyl (C=O) groups excluding carboxylic acids is 1. The van der Waals surface area contributed by atoms with Crippen molar-refractivity contribution in [3.05, 3.63) is 33.8 Å². The largest absolute Gasteiger partial charge is 0.393 e. The molecule has 1 heterocycles. The zero-order valence-corrected chi connectivity index (χ0v) is 13.0. The fourth-order valence-electron chi connectivity index (χ4n) is 2.61. The van der Waals surface area contributed by atoms with Crippen LogP contribution in [0.5, 0.6) is 0 Å². The van der Waals surface area contributed by atoms with Crippen LogP contribution in [0.1, 0.15) is 44.2 Å². The standard InChI is InChI=1S/C15H19Cl2NO2/c1-10(19)4-7-15(20)18-8-2-3-14(18)11-5-6-12(16)13(17)9-11/h5-6,9-10,14,19H,2-4,7-8H2,1H3. The average molecular weight is 316 g/mol. The van der Waals surface area contributed by atoms with Crippen molar-refractivity contribution < 1.29 is 9.90 Å². The number of carbonyl (C=O) groups is 1. The average Bonchev–Trinajstić information content (AvgIpc) is 2.88. The molecule has 3 nitrogen and oxygen atoms in total. The summed E-state index contributed by atoms with van der Waals surface area (Å²) in [6.07, 6.45) is 2.38. The first-order valence-corrected chi connectivity index (χ1v) is 7.67. The summed E-state index contributed by atoms with van der Waals surface area (Å²) >= 11 is 12.0. The lowest BCUT2D eigenvalue weighted by Crippen LogP contribution is -2.30. The molecule has 0 aromatic heterocycles. The van der Waals surface area contributed by atoms with E-state index < -0.39 is 6.10 Å². The van der Waals surface area contributed by atoms with Crippen LogP contribution in [0.3, 0.4) is 0 Å². The summed E-state index contributed by atoms with van der Waals surface area (Å²) in [7, 11) is 0. The molecule has 0 spiro atoms. The van der Waals surface area contributed by atoms with E-state index in [0.29, 0.717) is 22.9 Å². The highest BCUT2D eigenvalue weighted by Gasteiger charge is 2.29. The predicted molar refractivity (Wildman–Crippen MR) is 81.1 cm³/mol. The maximum atomic E-state index is 12.2. The number of nitrogens with zero attached hydrogens (tertiary/aromatic N) is 1. The van der Waals surface area contributed by atoms with Gasteiger partial charge in [-0.25, -0.2) is 0 Å². The molecule has 1 aromatic carbocycles. The van der Waals surface area contributed by atoms with Gasteiger partial charge in [0.05, 0.1) is 22.2 Å². The van der Waals surface area contributed by atoms with Crippen molar-refractivity contribution in [2.45, 2.75) is 44.8 Å². The van der Waals surface area contributed by atoms with Crippen molar-refractivity contribution in [3.63, 3.8) is 0 Å². The van der Waals surface area contributed by atoms with Crippen molar-refractivity contribution in [2.75, 3.05) is 6.54 Å². The van der Waals surface area contributed by atoms with E-state index in [0.717, 1.165) is 24.9 Å². The van der Waals surface area contributed by atoms with Gasteiger partial charge in [-0.2, -0.15) is 0 Å². The van der Waals surface area contributed by atoms with Crippen LogP contribution in [-0.4, -0.2) is 28.6 Å². The first-order valence-electron chi connectivity index (χ1n) is 6.91. The molecule has 0 bridgehead atoms. The van der Waals surface area contributed by atoms with Crippen molar-refractivity contribution >= 4 is 29.1 Å². The van der Waals surface area contributed by atoms with Gasteiger partial charge in [0.15, 0.2) is 0 Å². The lowest BCUT2D eigenvalue weighted by molar-refractivity contribution is -0.132. The number of amides is 1. The second-order valence-corrected chi connectivity index (χ2v) is 6.12. The third-order valence-corrected chi connectivity index (χ3v) is 4.42. The van der Waals surface area contributed by atoms with E-state index in [9.17, 15) is 9.90 Å². The van der Waals surface area contributed by atoms with Crippen LogP contribution in [0.4, 0.5) is 0 Å². The van der Waals surface area contributed by atoms with Gasteiger partial charge in [-0.05, 0) is 43.9 Å². The van der Waals surface area contributed by atoms with Gasteiger partial charge in [0.2, 0.25) is 5.91 Å². The molecule has 1 saturated heterocycles. The van der Waals surface area contributed by atoms with Crippen molar-refractivity contribution in [1.82, 2.24) is 4.90 Å². The molecule has 1 fully saturated rings. The normalized spacial score (nSPS) is 20.2. The zero-order valence-electron chi connectivity index (χ0n) is 11.5. The molecule has 110 valence electrons. The fraction of sp³-hybridized carbons (Fsp3) is 0.533. The van der Waals surface area contributed by atoms with Gasteiger partial charge >= 0.3 is 0 Å². The van der Waals surface area contributed by atoms with E-state index in [1.54, 1.807) is 13.0 Å². The van der Waals surface area contributed by atoms with Crippen molar-refractivity contribution in [3.8, 4) is 0 Å². The van der Waals surface area contributed by atoms with Crippen LogP contribution in [0, 0.1) is 0 Å². The Morgan fingerprint density at radius 3 is 2.85 bits per heavy atom. The molecule has 2 atom stereocenters. The second kappa shape index (κ2) is 6.79. The fourth-order valence-corrected chi connectivity index (χ4v) is 2.91. The Balaban J connectivity index is 2.10. The molecule has 0 saturated carbocycles. The lowest BCUT2D eigenvalue weighted by Gasteiger charge is -2.25. The first-order chi connectivity index (χ1) is 9.49. The Morgan fingerprint density at radius 2 is 2.20 bits per heavy atom. The van der Waals surface area contributed by atoms with Crippen LogP contribution in [-0.2, 0) is 4.79 Å². The molecular weight excluding hydrogens is 297 g/mol. The van der Waals surface area contributed by atoms with Gasteiger partial charge in [-0.15, -0.1) is 0 Å². The van der Waals surface area contributed by atoms with Crippen LogP contribution in [0.15, 0.2) is 18.2 Å². The van der Waals surface area contributed by atoms with Gasteiger partial charge in [-0.1, -0.05) is 29.3 Å². The summed E-state index contributed by atoms with van der Waals surface area (Å²) < 4.78 is 0. The topological polar surface area (TPSA) is 40.5 Å². The van der Waals surface area contributed by atoms with Crippen LogP contribution >= 0.6 is 23.2 Å². The molecule has 5 heteroatoms. The molecule has 2 rings (SSSR count). The number of rotatable bonds is 4. The number of likely N-dealkylation sites (tertiary alicyclic amines) is 1. The number of hydrogen-bond acceptors (Lipinski definition) is 2. The minimum atomic E-state index is -0.440. The predicted octanol–water partition coefficient (Wildman–Crippen LogP) is 3.82. The monoisotopic (exact) mass is 315 g/mol. The summed E-state index contributed by atoms with van der Waals surface area (Å²) in [5, 5.41) is 10.3. The smallest absolute Gasteiger partial charge is 0.223 e. The van der Waals surface area contributed by atoms with Gasteiger partial charge in [0.1, 0.15) is 0 Å². The third kappa shape index (κ3) is 3.66. The van der Waals surface area contributed by atoms with E-state index in [2.05, 4.69) is 0 Å². The minimum Gasteiger partial charge on any atom is -0.393 e. The van der Waals surface area contributed by atoms with Crippen LogP contribution < -0.4 is 0 Å². The van der Waals surface area contributed by atoms with E-state index in [-0.39, 0.29) is 11.9 Å². The molecule has 1 amide bonds. The molecule has 0 radical (unpaired) electrons. The number of halogens is 2. The molecule has 20 heavy (non-hydrogen) atoms. The van der Waals surface area contributed by atoms with Crippen LogP contribution in [0.25, 0.3) is 0 Å². The highest BCUT2D eigenvalue weighted by molar-refractivity contribution is 6.42. The number of aliphatic hydroxyl groups excluding tert-OH is 1. The summed E-state index contributed by atoms with van der Waals surface area (Å²) in [5.41, 5.74) is 1.03. The first kappa shape index (κ1) is 15.6. The highest BCUT2D eigenvalue weighted by atomic mass is 35.5. The number of benzene rings is 1. The Morgan fingerprint density at radius 1 is 1.45 bits per heavy atom. The molecule has 1 aromatic rings. The van der Waals surface area contributed by atoms with Gasteiger partial charge < -0.3 is 10.0 Å². The quantitative estimate of drug-likeness (QED) is 0.917. The number of aliphatic hydroxyl groups is 1. The summed E-state index contributed by atoms with van der Waals surface area (Å²) in [6.45, 7) is 2.47. The Kier molecular flexibility index (Phi) is 5.30. The Hall–Kier alpha value is -0.770. The molecule has 1 aliphatic heterocycles. The van der Waals surface area contributed by atoms with Gasteiger partial charge in [-0.3, -0.25) is 4.79 Å². The van der Waals surface area contributed by atoms with E-state index >= 15 is 0 Å². The molecule has 1 aliphatic rings. The summed E-state index contributed by atoms with van der Waals surface area (Å²) in [5.74, 6) is 0.0967. The molecule has 2 unspecified atom stereocenters. The third-order valence-electron chi connectivity index (χ3n) is 3.68. The molecular formula is C15H19Cl2NO2. The lowest BCUT2D eigenvalue weighted by atomic mass is 10.0. The zero-order chi connectivity index (χ0) is 14.7. The second-order valence-electron chi connectivity index (χ2n) is 5.31. The van der Waals surface area contributed by atoms with Gasteiger partial charge in [0.25, 0.3) is 0 Å². The Labute approximate surface area is 129 Å². The van der Waals surface area contributed by atoms with E-state index in [1.807, 2.05) is 17.0 Å².